The van der Waals surface area contributed by atoms with Crippen molar-refractivity contribution in [3.8, 4) is 0 Å². The van der Waals surface area contributed by atoms with Crippen LogP contribution in [0.2, 0.25) is 0 Å². The molecule has 0 aromatic carbocycles. The second-order valence-corrected chi connectivity index (χ2v) is 16.9. The molecule has 1 unspecified atom stereocenters. The summed E-state index contributed by atoms with van der Waals surface area (Å²) in [6, 6.07) is -1.34. The van der Waals surface area contributed by atoms with Gasteiger partial charge in [0.25, 0.3) is 0 Å². The van der Waals surface area contributed by atoms with Crippen LogP contribution in [0, 0.1) is 5.92 Å². The van der Waals surface area contributed by atoms with E-state index < -0.39 is 23.9 Å². The number of nitrogens with two attached hydrogens (primary N) is 3. The topological polar surface area (TPSA) is 194 Å². The highest BCUT2D eigenvalue weighted by molar-refractivity contribution is 6.01. The second kappa shape index (κ2) is 42.9. The Hall–Kier alpha value is -2.24. The van der Waals surface area contributed by atoms with Crippen molar-refractivity contribution in [3.05, 3.63) is 0 Å². The Balaban J connectivity index is 4.98. The number of hydrogen-bond donors (Lipinski definition) is 7. The van der Waals surface area contributed by atoms with Crippen molar-refractivity contribution in [1.29, 1.82) is 0 Å². The van der Waals surface area contributed by atoms with Gasteiger partial charge in [0.05, 0.1) is 6.04 Å². The molecule has 0 spiro atoms. The van der Waals surface area contributed by atoms with Gasteiger partial charge in [-0.25, -0.2) is 0 Å². The van der Waals surface area contributed by atoms with Crippen molar-refractivity contribution >= 4 is 23.6 Å². The van der Waals surface area contributed by atoms with E-state index in [0.29, 0.717) is 45.3 Å². The lowest BCUT2D eigenvalue weighted by Gasteiger charge is -2.22. The predicted octanol–water partition coefficient (Wildman–Crippen LogP) is 8.59. The number of hydrogen-bond acceptors (Lipinski definition) is 7. The molecular weight excluding hydrogens is 727 g/mol. The molecular formula is C47H95N7O4. The van der Waals surface area contributed by atoms with E-state index in [1.807, 2.05) is 0 Å². The number of nitrogens with one attached hydrogen (secondary N) is 4. The fourth-order valence-electron chi connectivity index (χ4n) is 7.52. The molecule has 0 radical (unpaired) electrons. The van der Waals surface area contributed by atoms with Crippen LogP contribution in [-0.2, 0) is 19.2 Å². The molecule has 10 N–H and O–H groups in total. The van der Waals surface area contributed by atoms with Crippen molar-refractivity contribution < 1.29 is 19.2 Å². The Morgan fingerprint density at radius 1 is 0.379 bits per heavy atom. The highest BCUT2D eigenvalue weighted by atomic mass is 16.2. The van der Waals surface area contributed by atoms with Gasteiger partial charge >= 0.3 is 0 Å². The lowest BCUT2D eigenvalue weighted by Crippen LogP contribution is -2.51. The maximum Gasteiger partial charge on any atom is 0.242 e. The lowest BCUT2D eigenvalue weighted by molar-refractivity contribution is -0.138. The van der Waals surface area contributed by atoms with Crippen LogP contribution in [0.4, 0.5) is 0 Å². The Bertz CT molecular complexity index is 969. The molecule has 0 rings (SSSR count). The molecule has 0 fully saturated rings. The van der Waals surface area contributed by atoms with E-state index in [1.165, 1.54) is 128 Å². The van der Waals surface area contributed by atoms with Crippen LogP contribution in [0.5, 0.6) is 0 Å². The fraction of sp³-hybridized carbons (Fsp3) is 0.915. The molecule has 3 atom stereocenters. The highest BCUT2D eigenvalue weighted by Gasteiger charge is 2.30. The minimum Gasteiger partial charge on any atom is -0.354 e. The Labute approximate surface area is 356 Å². The van der Waals surface area contributed by atoms with E-state index in [4.69, 9.17) is 17.2 Å². The first-order valence-electron chi connectivity index (χ1n) is 24.6. The number of rotatable bonds is 44. The van der Waals surface area contributed by atoms with Crippen molar-refractivity contribution in [2.24, 2.45) is 23.1 Å². The molecule has 342 valence electrons. The first kappa shape index (κ1) is 55.8. The standard InChI is InChI=1S/C47H95N7O4/c1-3-5-7-9-11-13-15-17-18-19-21-23-25-27-33-41(44(55)52-39-40-53-46(57)42(50)34-28-30-36-48)45(56)54-43(35-29-31-37-49)47(58)51-38-32-26-24-22-20-16-14-12-10-8-6-4-2/h41-43H,3-40,48-50H2,1-2H3,(H,51,58)(H,52,55)(H,53,57)(H,54,56)/t41?,42-,43-/m0/s1. The van der Waals surface area contributed by atoms with Crippen LogP contribution in [-0.4, -0.2) is 68.4 Å². The van der Waals surface area contributed by atoms with Crippen molar-refractivity contribution in [1.82, 2.24) is 21.3 Å². The lowest BCUT2D eigenvalue weighted by atomic mass is 9.97. The van der Waals surface area contributed by atoms with Crippen molar-refractivity contribution in [2.45, 2.75) is 238 Å². The predicted molar refractivity (Wildman–Crippen MR) is 244 cm³/mol. The summed E-state index contributed by atoms with van der Waals surface area (Å²) in [7, 11) is 0. The zero-order chi connectivity index (χ0) is 42.7. The van der Waals surface area contributed by atoms with E-state index in [0.717, 1.165) is 57.8 Å². The van der Waals surface area contributed by atoms with Gasteiger partial charge in [0.1, 0.15) is 12.0 Å². The average molecular weight is 822 g/mol. The van der Waals surface area contributed by atoms with E-state index in [1.54, 1.807) is 0 Å². The van der Waals surface area contributed by atoms with Gasteiger partial charge in [-0.05, 0) is 58.0 Å². The molecule has 0 aliphatic heterocycles. The quantitative estimate of drug-likeness (QED) is 0.0236. The summed E-state index contributed by atoms with van der Waals surface area (Å²) in [6.45, 7) is 6.56. The Morgan fingerprint density at radius 3 is 1.19 bits per heavy atom. The molecule has 0 bridgehead atoms. The second-order valence-electron chi connectivity index (χ2n) is 16.9. The first-order chi connectivity index (χ1) is 28.3. The summed E-state index contributed by atoms with van der Waals surface area (Å²) in [4.78, 5) is 53.0. The average Bonchev–Trinajstić information content (AvgIpc) is 3.22. The van der Waals surface area contributed by atoms with Crippen molar-refractivity contribution in [3.63, 3.8) is 0 Å². The molecule has 11 nitrogen and oxygen atoms in total. The molecule has 0 aliphatic carbocycles. The first-order valence-corrected chi connectivity index (χ1v) is 24.6. The molecule has 0 aromatic rings. The van der Waals surface area contributed by atoms with E-state index in [-0.39, 0.29) is 30.8 Å². The third-order valence-corrected chi connectivity index (χ3v) is 11.4. The SMILES string of the molecule is CCCCCCCCCCCCCCCCC(C(=O)NCCNC(=O)[C@@H](N)CCCCN)C(=O)N[C@@H](CCCCN)C(=O)NCCCCCCCCCCCCCC. The molecule has 11 heteroatoms. The molecule has 0 aliphatic rings. The molecule has 58 heavy (non-hydrogen) atoms. The van der Waals surface area contributed by atoms with Crippen LogP contribution in [0.15, 0.2) is 0 Å². The Kier molecular flexibility index (Phi) is 41.2. The van der Waals surface area contributed by atoms with Gasteiger partial charge in [0.15, 0.2) is 0 Å². The van der Waals surface area contributed by atoms with Gasteiger partial charge in [-0.15, -0.1) is 0 Å². The van der Waals surface area contributed by atoms with Gasteiger partial charge in [-0.2, -0.15) is 0 Å². The largest absolute Gasteiger partial charge is 0.354 e. The van der Waals surface area contributed by atoms with Gasteiger partial charge < -0.3 is 38.5 Å². The van der Waals surface area contributed by atoms with E-state index >= 15 is 0 Å². The fourth-order valence-corrected chi connectivity index (χ4v) is 7.52. The summed E-state index contributed by atoms with van der Waals surface area (Å²) in [5.74, 6) is -2.19. The van der Waals surface area contributed by atoms with Crippen LogP contribution >= 0.6 is 0 Å². The highest BCUT2D eigenvalue weighted by Crippen LogP contribution is 2.17. The smallest absolute Gasteiger partial charge is 0.242 e. The van der Waals surface area contributed by atoms with Crippen LogP contribution in [0.3, 0.4) is 0 Å². The van der Waals surface area contributed by atoms with Gasteiger partial charge in [-0.3, -0.25) is 19.2 Å². The number of unbranched alkanes of at least 4 members (excludes halogenated alkanes) is 26. The van der Waals surface area contributed by atoms with Crippen LogP contribution in [0.1, 0.15) is 226 Å². The maximum absolute atomic E-state index is 13.8. The number of carbonyl (C=O) groups is 4. The van der Waals surface area contributed by atoms with Crippen LogP contribution in [0.25, 0.3) is 0 Å². The molecule has 0 aromatic heterocycles. The third-order valence-electron chi connectivity index (χ3n) is 11.4. The van der Waals surface area contributed by atoms with Gasteiger partial charge in [0, 0.05) is 19.6 Å². The monoisotopic (exact) mass is 822 g/mol. The number of amides is 4. The van der Waals surface area contributed by atoms with E-state index in [9.17, 15) is 19.2 Å². The summed E-state index contributed by atoms with van der Waals surface area (Å²) >= 11 is 0. The minimum atomic E-state index is -0.923. The summed E-state index contributed by atoms with van der Waals surface area (Å²) < 4.78 is 0. The zero-order valence-electron chi connectivity index (χ0n) is 38.0. The molecule has 4 amide bonds. The normalized spacial score (nSPS) is 12.8. The van der Waals surface area contributed by atoms with E-state index in [2.05, 4.69) is 35.1 Å². The molecule has 0 heterocycles. The third kappa shape index (κ3) is 34.6. The van der Waals surface area contributed by atoms with Gasteiger partial charge in [-0.1, -0.05) is 181 Å². The molecule has 0 saturated carbocycles. The maximum atomic E-state index is 13.8. The Morgan fingerprint density at radius 2 is 0.741 bits per heavy atom. The summed E-state index contributed by atoms with van der Waals surface area (Å²) in [6.07, 6.45) is 36.7. The zero-order valence-corrected chi connectivity index (χ0v) is 38.0. The summed E-state index contributed by atoms with van der Waals surface area (Å²) in [5, 5.41) is 11.6. The minimum absolute atomic E-state index is 0.183. The summed E-state index contributed by atoms with van der Waals surface area (Å²) in [5.41, 5.74) is 17.3. The molecule has 0 saturated heterocycles. The number of carbonyl (C=O) groups excluding carboxylic acids is 4. The van der Waals surface area contributed by atoms with Crippen LogP contribution < -0.4 is 38.5 Å². The van der Waals surface area contributed by atoms with Crippen molar-refractivity contribution in [2.75, 3.05) is 32.7 Å². The van der Waals surface area contributed by atoms with Gasteiger partial charge in [0.2, 0.25) is 23.6 Å².